The molecule has 5 rings (SSSR count). The van der Waals surface area contributed by atoms with Gasteiger partial charge in [-0.05, 0) is 37.1 Å². The van der Waals surface area contributed by atoms with Crippen molar-refractivity contribution in [2.45, 2.75) is 12.8 Å². The minimum Gasteiger partial charge on any atom is -0.353 e. The van der Waals surface area contributed by atoms with Crippen molar-refractivity contribution in [1.82, 2.24) is 24.5 Å². The van der Waals surface area contributed by atoms with Crippen LogP contribution >= 0.6 is 0 Å². The average molecular weight is 391 g/mol. The zero-order valence-corrected chi connectivity index (χ0v) is 16.4. The van der Waals surface area contributed by atoms with Crippen molar-refractivity contribution >= 4 is 23.3 Å². The van der Waals surface area contributed by atoms with E-state index in [9.17, 15) is 4.79 Å². The molecule has 150 valence electrons. The van der Waals surface area contributed by atoms with E-state index >= 15 is 0 Å². The third-order valence-corrected chi connectivity index (χ3v) is 5.91. The summed E-state index contributed by atoms with van der Waals surface area (Å²) in [5.41, 5.74) is 0.835. The molecule has 0 N–H and O–H groups in total. The van der Waals surface area contributed by atoms with Gasteiger partial charge in [-0.15, -0.1) is 10.2 Å². The Hall–Kier alpha value is -3.16. The molecule has 3 aromatic rings. The van der Waals surface area contributed by atoms with Gasteiger partial charge in [0.05, 0.1) is 5.92 Å². The van der Waals surface area contributed by atoms with E-state index in [-0.39, 0.29) is 11.8 Å². The Bertz CT molecular complexity index is 981. The lowest BCUT2D eigenvalue weighted by molar-refractivity contribution is -0.136. The highest BCUT2D eigenvalue weighted by atomic mass is 16.2. The highest BCUT2D eigenvalue weighted by Crippen LogP contribution is 2.24. The summed E-state index contributed by atoms with van der Waals surface area (Å²) in [5.74, 6) is 2.10. The fourth-order valence-corrected chi connectivity index (χ4v) is 4.36. The fraction of sp³-hybridized carbons (Fsp3) is 0.429. The lowest BCUT2D eigenvalue weighted by atomic mass is 9.96. The number of hydrogen-bond acceptors (Lipinski definition) is 6. The summed E-state index contributed by atoms with van der Waals surface area (Å²) >= 11 is 0. The predicted octanol–water partition coefficient (Wildman–Crippen LogP) is 1.69. The molecule has 29 heavy (non-hydrogen) atoms. The number of amides is 1. The molecule has 0 bridgehead atoms. The molecule has 0 aliphatic carbocycles. The third kappa shape index (κ3) is 3.50. The number of fused-ring (bicyclic) bond motifs is 1. The van der Waals surface area contributed by atoms with Crippen LogP contribution in [-0.4, -0.2) is 69.7 Å². The minimum absolute atomic E-state index is 0.0150. The second-order valence-corrected chi connectivity index (χ2v) is 7.71. The first-order valence-corrected chi connectivity index (χ1v) is 10.3. The van der Waals surface area contributed by atoms with Crippen LogP contribution < -0.4 is 9.80 Å². The summed E-state index contributed by atoms with van der Waals surface area (Å²) in [7, 11) is 0. The molecule has 0 radical (unpaired) electrons. The molecule has 0 saturated carbocycles. The maximum absolute atomic E-state index is 13.2. The van der Waals surface area contributed by atoms with Gasteiger partial charge < -0.3 is 14.7 Å². The SMILES string of the molecule is O=C([C@H]1CCCN(c2nnc3ccccn23)C1)N1CCN(c2ccccn2)CC1. The van der Waals surface area contributed by atoms with Crippen LogP contribution in [0.15, 0.2) is 48.8 Å². The molecule has 2 aliphatic rings. The lowest BCUT2D eigenvalue weighted by Gasteiger charge is -2.39. The quantitative estimate of drug-likeness (QED) is 0.677. The molecule has 1 atom stereocenters. The van der Waals surface area contributed by atoms with Gasteiger partial charge in [-0.25, -0.2) is 4.98 Å². The highest BCUT2D eigenvalue weighted by Gasteiger charge is 2.32. The standard InChI is InChI=1S/C21H25N7O/c29-20(26-14-12-25(13-15-26)18-7-1-3-9-22-18)17-6-5-10-27(16-17)21-24-23-19-8-2-4-11-28(19)21/h1-4,7-9,11,17H,5-6,10,12-16H2/t17-/m0/s1. The van der Waals surface area contributed by atoms with Gasteiger partial charge in [0.1, 0.15) is 5.82 Å². The van der Waals surface area contributed by atoms with Gasteiger partial charge in [0.25, 0.3) is 0 Å². The van der Waals surface area contributed by atoms with Gasteiger partial charge in [0, 0.05) is 51.7 Å². The molecule has 1 amide bonds. The Morgan fingerprint density at radius 3 is 2.62 bits per heavy atom. The molecular weight excluding hydrogens is 366 g/mol. The van der Waals surface area contributed by atoms with E-state index in [1.807, 2.05) is 58.1 Å². The van der Waals surface area contributed by atoms with Crippen LogP contribution in [0.25, 0.3) is 5.65 Å². The van der Waals surface area contributed by atoms with E-state index in [1.54, 1.807) is 0 Å². The zero-order valence-electron chi connectivity index (χ0n) is 16.4. The number of pyridine rings is 2. The molecule has 8 heteroatoms. The van der Waals surface area contributed by atoms with Crippen LogP contribution in [0.4, 0.5) is 11.8 Å². The largest absolute Gasteiger partial charge is 0.353 e. The van der Waals surface area contributed by atoms with Crippen molar-refractivity contribution in [3.63, 3.8) is 0 Å². The molecule has 0 spiro atoms. The van der Waals surface area contributed by atoms with E-state index in [4.69, 9.17) is 0 Å². The van der Waals surface area contributed by atoms with Crippen LogP contribution in [0.5, 0.6) is 0 Å². The summed E-state index contributed by atoms with van der Waals surface area (Å²) in [6.45, 7) is 4.77. The number of piperazine rings is 1. The number of carbonyl (C=O) groups excluding carboxylic acids is 1. The number of carbonyl (C=O) groups is 1. The number of piperidine rings is 1. The predicted molar refractivity (Wildman–Crippen MR) is 111 cm³/mol. The Balaban J connectivity index is 1.24. The van der Waals surface area contributed by atoms with Crippen molar-refractivity contribution < 1.29 is 4.79 Å². The normalized spacial score (nSPS) is 20.3. The first kappa shape index (κ1) is 17.9. The molecule has 5 heterocycles. The Kier molecular flexibility index (Phi) is 4.75. The van der Waals surface area contributed by atoms with Crippen molar-refractivity contribution in [2.24, 2.45) is 5.92 Å². The van der Waals surface area contributed by atoms with E-state index < -0.39 is 0 Å². The second kappa shape index (κ2) is 7.69. The van der Waals surface area contributed by atoms with Gasteiger partial charge in [-0.1, -0.05) is 12.1 Å². The molecule has 3 aromatic heterocycles. The maximum Gasteiger partial charge on any atom is 0.231 e. The lowest BCUT2D eigenvalue weighted by Crippen LogP contribution is -2.53. The molecule has 2 fully saturated rings. The molecule has 0 unspecified atom stereocenters. The van der Waals surface area contributed by atoms with Crippen LogP contribution in [0, 0.1) is 5.92 Å². The van der Waals surface area contributed by atoms with Crippen molar-refractivity contribution in [3.05, 3.63) is 48.8 Å². The number of hydrogen-bond donors (Lipinski definition) is 0. The van der Waals surface area contributed by atoms with Crippen LogP contribution in [0.3, 0.4) is 0 Å². The van der Waals surface area contributed by atoms with Crippen LogP contribution in [-0.2, 0) is 4.79 Å². The van der Waals surface area contributed by atoms with E-state index in [2.05, 4.69) is 25.0 Å². The summed E-state index contributed by atoms with van der Waals surface area (Å²) in [4.78, 5) is 24.1. The first-order valence-electron chi connectivity index (χ1n) is 10.3. The summed E-state index contributed by atoms with van der Waals surface area (Å²) in [6, 6.07) is 11.8. The molecule has 8 nitrogen and oxygen atoms in total. The van der Waals surface area contributed by atoms with Gasteiger partial charge in [0.2, 0.25) is 11.9 Å². The van der Waals surface area contributed by atoms with Crippen LogP contribution in [0.2, 0.25) is 0 Å². The van der Waals surface area contributed by atoms with E-state index in [0.717, 1.165) is 63.0 Å². The topological polar surface area (TPSA) is 69.9 Å². The van der Waals surface area contributed by atoms with Crippen molar-refractivity contribution in [1.29, 1.82) is 0 Å². The Morgan fingerprint density at radius 1 is 0.931 bits per heavy atom. The number of anilines is 2. The smallest absolute Gasteiger partial charge is 0.231 e. The molecule has 0 aromatic carbocycles. The van der Waals surface area contributed by atoms with Crippen molar-refractivity contribution in [2.75, 3.05) is 49.1 Å². The van der Waals surface area contributed by atoms with Crippen molar-refractivity contribution in [3.8, 4) is 0 Å². The highest BCUT2D eigenvalue weighted by molar-refractivity contribution is 5.80. The third-order valence-electron chi connectivity index (χ3n) is 5.91. The Labute approximate surface area is 169 Å². The van der Waals surface area contributed by atoms with Gasteiger partial charge in [-0.2, -0.15) is 0 Å². The number of rotatable bonds is 3. The summed E-state index contributed by atoms with van der Waals surface area (Å²) in [6.07, 6.45) is 5.73. The second-order valence-electron chi connectivity index (χ2n) is 7.71. The van der Waals surface area contributed by atoms with E-state index in [0.29, 0.717) is 6.54 Å². The Morgan fingerprint density at radius 2 is 1.79 bits per heavy atom. The average Bonchev–Trinajstić information content (AvgIpc) is 3.24. The number of nitrogens with zero attached hydrogens (tertiary/aromatic N) is 7. The van der Waals surface area contributed by atoms with E-state index in [1.165, 1.54) is 0 Å². The van der Waals surface area contributed by atoms with Gasteiger partial charge in [-0.3, -0.25) is 9.20 Å². The molecule has 2 aliphatic heterocycles. The maximum atomic E-state index is 13.2. The molecule has 2 saturated heterocycles. The van der Waals surface area contributed by atoms with Gasteiger partial charge >= 0.3 is 0 Å². The fourth-order valence-electron chi connectivity index (χ4n) is 4.36. The number of aromatic nitrogens is 4. The minimum atomic E-state index is 0.0150. The molecular formula is C21H25N7O. The zero-order chi connectivity index (χ0) is 19.6. The summed E-state index contributed by atoms with van der Waals surface area (Å²) < 4.78 is 2.00. The summed E-state index contributed by atoms with van der Waals surface area (Å²) in [5, 5.41) is 8.62. The van der Waals surface area contributed by atoms with Gasteiger partial charge in [0.15, 0.2) is 5.65 Å². The monoisotopic (exact) mass is 391 g/mol. The van der Waals surface area contributed by atoms with Crippen LogP contribution in [0.1, 0.15) is 12.8 Å². The first-order chi connectivity index (χ1) is 14.3.